The summed E-state index contributed by atoms with van der Waals surface area (Å²) in [5, 5.41) is 44.9. The molecule has 206 valence electrons. The van der Waals surface area contributed by atoms with E-state index in [1.807, 2.05) is 0 Å². The van der Waals surface area contributed by atoms with Gasteiger partial charge in [-0.25, -0.2) is 4.18 Å². The van der Waals surface area contributed by atoms with Gasteiger partial charge < -0.3 is 31.1 Å². The fourth-order valence-corrected chi connectivity index (χ4v) is 6.22. The third-order valence-corrected chi connectivity index (χ3v) is 7.89. The van der Waals surface area contributed by atoms with Gasteiger partial charge in [0, 0.05) is 29.8 Å². The Balaban J connectivity index is 0.00000441. The van der Waals surface area contributed by atoms with Crippen LogP contribution in [0, 0.1) is 13.8 Å². The van der Waals surface area contributed by atoms with Crippen LogP contribution < -0.4 is 40.2 Å². The van der Waals surface area contributed by atoms with Crippen LogP contribution in [0.1, 0.15) is 38.9 Å². The SMILES string of the molecule is Cc1cc(C2(c3cc(C)c(O)c(CNCC(=O)O)c3)OS(=O)(=O)c3ccccc32)cc(CNCC(=O)O)c1O.[Na+]. The zero-order valence-corrected chi connectivity index (χ0v) is 25.0. The number of fused-ring (bicyclic) bond motifs is 1. The van der Waals surface area contributed by atoms with Crippen molar-refractivity contribution in [1.29, 1.82) is 0 Å². The van der Waals surface area contributed by atoms with Gasteiger partial charge in [0.1, 0.15) is 16.4 Å². The predicted octanol–water partition coefficient (Wildman–Crippen LogP) is -0.922. The number of carboxylic acids is 2. The first-order valence-corrected chi connectivity index (χ1v) is 13.3. The van der Waals surface area contributed by atoms with Crippen molar-refractivity contribution in [2.24, 2.45) is 0 Å². The van der Waals surface area contributed by atoms with E-state index >= 15 is 0 Å². The van der Waals surface area contributed by atoms with E-state index in [2.05, 4.69) is 10.6 Å². The number of nitrogens with one attached hydrogen (secondary N) is 2. The van der Waals surface area contributed by atoms with E-state index in [1.165, 1.54) is 6.07 Å². The van der Waals surface area contributed by atoms with E-state index in [-0.39, 0.29) is 72.1 Å². The average Bonchev–Trinajstić information content (AvgIpc) is 3.12. The van der Waals surface area contributed by atoms with E-state index in [1.54, 1.807) is 56.3 Å². The molecule has 11 nitrogen and oxygen atoms in total. The van der Waals surface area contributed by atoms with Crippen LogP contribution in [0.4, 0.5) is 0 Å². The van der Waals surface area contributed by atoms with Gasteiger partial charge >= 0.3 is 41.5 Å². The van der Waals surface area contributed by atoms with Crippen LogP contribution in [-0.2, 0) is 42.6 Å². The van der Waals surface area contributed by atoms with Crippen LogP contribution >= 0.6 is 0 Å². The second-order valence-corrected chi connectivity index (χ2v) is 10.8. The monoisotopic (exact) mass is 579 g/mol. The van der Waals surface area contributed by atoms with Crippen molar-refractivity contribution in [3.05, 3.63) is 87.5 Å². The van der Waals surface area contributed by atoms with Crippen LogP contribution in [0.25, 0.3) is 0 Å². The van der Waals surface area contributed by atoms with Crippen molar-refractivity contribution in [3.63, 3.8) is 0 Å². The molecule has 3 aromatic rings. The summed E-state index contributed by atoms with van der Waals surface area (Å²) in [7, 11) is -4.25. The third kappa shape index (κ3) is 6.03. The summed E-state index contributed by atoms with van der Waals surface area (Å²) in [4.78, 5) is 21.9. The maximum atomic E-state index is 13.3. The minimum Gasteiger partial charge on any atom is -0.507 e. The summed E-state index contributed by atoms with van der Waals surface area (Å²) in [6.07, 6.45) is 0. The molecule has 6 N–H and O–H groups in total. The second kappa shape index (κ2) is 12.3. The fraction of sp³-hybridized carbons (Fsp3) is 0.259. The molecule has 0 bridgehead atoms. The molecule has 40 heavy (non-hydrogen) atoms. The summed E-state index contributed by atoms with van der Waals surface area (Å²) in [6.45, 7) is 2.52. The molecular formula is C27H28N2NaO9S+. The Labute approximate surface area is 253 Å². The van der Waals surface area contributed by atoms with Gasteiger partial charge in [-0.05, 0) is 66.4 Å². The van der Waals surface area contributed by atoms with E-state index in [9.17, 15) is 28.2 Å². The molecule has 0 fully saturated rings. The number of hydrogen-bond acceptors (Lipinski definition) is 9. The number of aryl methyl sites for hydroxylation is 2. The van der Waals surface area contributed by atoms with Crippen LogP contribution in [-0.4, -0.2) is 53.9 Å². The Hall–Kier alpha value is -2.97. The largest absolute Gasteiger partial charge is 1.00 e. The molecule has 13 heteroatoms. The fourth-order valence-electron chi connectivity index (χ4n) is 4.79. The average molecular weight is 580 g/mol. The van der Waals surface area contributed by atoms with Crippen LogP contribution in [0.5, 0.6) is 11.5 Å². The summed E-state index contributed by atoms with van der Waals surface area (Å²) in [5.74, 6) is -2.33. The molecule has 1 aliphatic rings. The first-order chi connectivity index (χ1) is 18.4. The summed E-state index contributed by atoms with van der Waals surface area (Å²) >= 11 is 0. The van der Waals surface area contributed by atoms with Gasteiger partial charge in [-0.1, -0.05) is 18.2 Å². The van der Waals surface area contributed by atoms with E-state index in [4.69, 9.17) is 14.4 Å². The molecule has 0 unspecified atom stereocenters. The zero-order chi connectivity index (χ0) is 28.5. The molecule has 0 spiro atoms. The quantitative estimate of drug-likeness (QED) is 0.129. The Morgan fingerprint density at radius 2 is 1.27 bits per heavy atom. The second-order valence-electron chi connectivity index (χ2n) is 9.31. The van der Waals surface area contributed by atoms with Gasteiger partial charge in [0.25, 0.3) is 10.1 Å². The van der Waals surface area contributed by atoms with Crippen molar-refractivity contribution < 1.29 is 72.2 Å². The first kappa shape index (κ1) is 31.6. The van der Waals surface area contributed by atoms with Gasteiger partial charge in [-0.2, -0.15) is 8.42 Å². The summed E-state index contributed by atoms with van der Waals surface area (Å²) in [6, 6.07) is 12.6. The number of hydrogen-bond donors (Lipinski definition) is 6. The van der Waals surface area contributed by atoms with Crippen molar-refractivity contribution in [2.45, 2.75) is 37.4 Å². The van der Waals surface area contributed by atoms with Gasteiger partial charge in [-0.3, -0.25) is 9.59 Å². The number of rotatable bonds is 10. The van der Waals surface area contributed by atoms with Gasteiger partial charge in [0.15, 0.2) is 5.60 Å². The molecular weight excluding hydrogens is 551 g/mol. The topological polar surface area (TPSA) is 182 Å². The van der Waals surface area contributed by atoms with Crippen LogP contribution in [0.2, 0.25) is 0 Å². The van der Waals surface area contributed by atoms with E-state index in [0.29, 0.717) is 38.9 Å². The first-order valence-electron chi connectivity index (χ1n) is 11.9. The molecule has 0 aliphatic carbocycles. The number of benzene rings is 3. The molecule has 0 radical (unpaired) electrons. The Kier molecular flexibility index (Phi) is 9.68. The van der Waals surface area contributed by atoms with Crippen molar-refractivity contribution >= 4 is 22.1 Å². The molecule has 0 aromatic heterocycles. The van der Waals surface area contributed by atoms with Crippen molar-refractivity contribution in [3.8, 4) is 11.5 Å². The molecule has 0 saturated carbocycles. The standard InChI is InChI=1S/C27H28N2O9S.Na/c1-15-7-19(9-17(25(15)34)11-28-13-23(30)31)27(21-5-3-4-6-22(21)39(36,37)38-27)20-8-16(2)26(35)18(10-20)12-29-14-24(32)33;/h3-10,28-29,34-35H,11-14H2,1-2H3,(H,30,31)(H,32,33);/q;+1. The molecule has 1 heterocycles. The van der Waals surface area contributed by atoms with E-state index in [0.717, 1.165) is 0 Å². The third-order valence-electron chi connectivity index (χ3n) is 6.53. The van der Waals surface area contributed by atoms with Gasteiger partial charge in [0.2, 0.25) is 0 Å². The Morgan fingerprint density at radius 3 is 1.73 bits per heavy atom. The van der Waals surface area contributed by atoms with Crippen LogP contribution in [0.3, 0.4) is 0 Å². The summed E-state index contributed by atoms with van der Waals surface area (Å²) < 4.78 is 32.6. The smallest absolute Gasteiger partial charge is 0.507 e. The number of carbonyl (C=O) groups is 2. The maximum absolute atomic E-state index is 13.3. The van der Waals surface area contributed by atoms with Crippen LogP contribution in [0.15, 0.2) is 53.4 Å². The van der Waals surface area contributed by atoms with Gasteiger partial charge in [0.05, 0.1) is 13.1 Å². The van der Waals surface area contributed by atoms with Crippen molar-refractivity contribution in [2.75, 3.05) is 13.1 Å². The molecule has 3 aromatic carbocycles. The molecule has 0 saturated heterocycles. The number of phenols is 2. The molecule has 1 aliphatic heterocycles. The maximum Gasteiger partial charge on any atom is 1.00 e. The number of carboxylic acid groups (broad SMARTS) is 2. The van der Waals surface area contributed by atoms with E-state index < -0.39 is 27.7 Å². The molecule has 0 amide bonds. The normalized spacial score (nSPS) is 14.8. The van der Waals surface area contributed by atoms with Gasteiger partial charge in [-0.15, -0.1) is 0 Å². The Morgan fingerprint density at radius 1 is 0.825 bits per heavy atom. The zero-order valence-electron chi connectivity index (χ0n) is 22.2. The molecule has 4 rings (SSSR count). The summed E-state index contributed by atoms with van der Waals surface area (Å²) in [5.41, 5.74) is 0.765. The number of aliphatic carboxylic acids is 2. The van der Waals surface area contributed by atoms with Crippen molar-refractivity contribution in [1.82, 2.24) is 10.6 Å². The minimum atomic E-state index is -4.25. The number of phenolic OH excluding ortho intramolecular Hbond substituents is 2. The molecule has 0 atom stereocenters. The Bertz CT molecular complexity index is 1500. The minimum absolute atomic E-state index is 0. The predicted molar refractivity (Wildman–Crippen MR) is 139 cm³/mol. The number of aromatic hydroxyl groups is 2.